The van der Waals surface area contributed by atoms with Crippen molar-refractivity contribution in [1.29, 1.82) is 0 Å². The molecule has 3 nitrogen and oxygen atoms in total. The predicted molar refractivity (Wildman–Crippen MR) is 73.1 cm³/mol. The average Bonchev–Trinajstić information content (AvgIpc) is 2.30. The maximum Gasteiger partial charge on any atom is 0.129 e. The van der Waals surface area contributed by atoms with Crippen LogP contribution in [0.5, 0.6) is 0 Å². The zero-order valence-electron chi connectivity index (χ0n) is 11.0. The zero-order chi connectivity index (χ0) is 12.7. The number of aromatic nitrogens is 1. The fraction of sp³-hybridized carbons (Fsp3) is 0.500. The molecular formula is C14H21N3. The number of aryl methyl sites for hydroxylation is 1. The van der Waals surface area contributed by atoms with Gasteiger partial charge in [-0.25, -0.2) is 4.98 Å². The number of terminal acetylenes is 1. The third kappa shape index (κ3) is 4.08. The highest BCUT2D eigenvalue weighted by Gasteiger charge is 2.05. The van der Waals surface area contributed by atoms with E-state index >= 15 is 0 Å². The van der Waals surface area contributed by atoms with E-state index < -0.39 is 0 Å². The van der Waals surface area contributed by atoms with Crippen molar-refractivity contribution in [3.05, 3.63) is 23.4 Å². The Kier molecular flexibility index (Phi) is 5.51. The molecule has 1 rings (SSSR count). The number of hydrogen-bond donors (Lipinski definition) is 1. The summed E-state index contributed by atoms with van der Waals surface area (Å²) in [6, 6.07) is 4.25. The molecule has 0 saturated carbocycles. The van der Waals surface area contributed by atoms with Crippen molar-refractivity contribution < 1.29 is 0 Å². The maximum atomic E-state index is 5.33. The van der Waals surface area contributed by atoms with Crippen molar-refractivity contribution in [1.82, 2.24) is 10.3 Å². The van der Waals surface area contributed by atoms with Crippen molar-refractivity contribution in [2.75, 3.05) is 25.5 Å². The molecule has 0 saturated heterocycles. The van der Waals surface area contributed by atoms with Gasteiger partial charge in [0.2, 0.25) is 0 Å². The summed E-state index contributed by atoms with van der Waals surface area (Å²) in [5.74, 6) is 3.60. The molecule has 92 valence electrons. The second-order valence-corrected chi connectivity index (χ2v) is 4.17. The van der Waals surface area contributed by atoms with Gasteiger partial charge in [0.05, 0.1) is 6.54 Å². The van der Waals surface area contributed by atoms with Crippen LogP contribution in [0.1, 0.15) is 24.6 Å². The first-order chi connectivity index (χ1) is 8.21. The Hall–Kier alpha value is -1.53. The molecule has 0 amide bonds. The highest BCUT2D eigenvalue weighted by Crippen LogP contribution is 2.15. The van der Waals surface area contributed by atoms with Gasteiger partial charge in [-0.15, -0.1) is 6.42 Å². The second kappa shape index (κ2) is 6.93. The van der Waals surface area contributed by atoms with Crippen LogP contribution in [0.15, 0.2) is 12.1 Å². The molecular weight excluding hydrogens is 210 g/mol. The first-order valence-corrected chi connectivity index (χ1v) is 6.00. The molecule has 0 atom stereocenters. The van der Waals surface area contributed by atoms with E-state index in [2.05, 4.69) is 35.3 Å². The van der Waals surface area contributed by atoms with Crippen molar-refractivity contribution in [2.24, 2.45) is 0 Å². The summed E-state index contributed by atoms with van der Waals surface area (Å²) < 4.78 is 0. The van der Waals surface area contributed by atoms with E-state index in [1.54, 1.807) is 0 Å². The van der Waals surface area contributed by atoms with Crippen LogP contribution in [-0.2, 0) is 13.0 Å². The smallest absolute Gasteiger partial charge is 0.129 e. The molecule has 1 aromatic heterocycles. The van der Waals surface area contributed by atoms with Crippen molar-refractivity contribution in [2.45, 2.75) is 26.3 Å². The second-order valence-electron chi connectivity index (χ2n) is 4.17. The Morgan fingerprint density at radius 3 is 2.82 bits per heavy atom. The van der Waals surface area contributed by atoms with Crippen molar-refractivity contribution >= 4 is 5.82 Å². The summed E-state index contributed by atoms with van der Waals surface area (Å²) in [4.78, 5) is 6.62. The third-order valence-electron chi connectivity index (χ3n) is 2.53. The van der Waals surface area contributed by atoms with E-state index in [0.29, 0.717) is 6.54 Å². The Bertz CT molecular complexity index is 369. The van der Waals surface area contributed by atoms with Crippen LogP contribution >= 0.6 is 0 Å². The van der Waals surface area contributed by atoms with Gasteiger partial charge in [0, 0.05) is 19.3 Å². The van der Waals surface area contributed by atoms with Crippen LogP contribution in [-0.4, -0.2) is 25.6 Å². The fourth-order valence-electron chi connectivity index (χ4n) is 1.74. The van der Waals surface area contributed by atoms with Gasteiger partial charge in [-0.05, 0) is 31.2 Å². The van der Waals surface area contributed by atoms with E-state index in [-0.39, 0.29) is 0 Å². The summed E-state index contributed by atoms with van der Waals surface area (Å²) in [5.41, 5.74) is 2.39. The first kappa shape index (κ1) is 13.5. The van der Waals surface area contributed by atoms with Gasteiger partial charge in [0.15, 0.2) is 0 Å². The highest BCUT2D eigenvalue weighted by molar-refractivity contribution is 5.43. The lowest BCUT2D eigenvalue weighted by Gasteiger charge is -2.17. The topological polar surface area (TPSA) is 28.2 Å². The standard InChI is InChI=1S/C14H21N3/c1-5-7-13-9-12(11-15-3)10-14(16-13)17(4)8-6-2/h2,9-10,15H,5,7-8,11H2,1,3-4H3. The Balaban J connectivity index is 2.98. The van der Waals surface area contributed by atoms with Crippen LogP contribution in [0.4, 0.5) is 5.82 Å². The van der Waals surface area contributed by atoms with Gasteiger partial charge in [-0.1, -0.05) is 19.3 Å². The van der Waals surface area contributed by atoms with E-state index in [1.807, 2.05) is 19.0 Å². The molecule has 1 aromatic rings. The van der Waals surface area contributed by atoms with Crippen LogP contribution in [0, 0.1) is 12.3 Å². The van der Waals surface area contributed by atoms with Gasteiger partial charge in [-0.2, -0.15) is 0 Å². The largest absolute Gasteiger partial charge is 0.349 e. The Labute approximate surface area is 104 Å². The molecule has 1 heterocycles. The Morgan fingerprint density at radius 1 is 1.47 bits per heavy atom. The third-order valence-corrected chi connectivity index (χ3v) is 2.53. The minimum atomic E-state index is 0.585. The number of nitrogens with one attached hydrogen (secondary N) is 1. The lowest BCUT2D eigenvalue weighted by molar-refractivity contribution is 0.802. The molecule has 0 aliphatic carbocycles. The summed E-state index contributed by atoms with van der Waals surface area (Å²) >= 11 is 0. The highest BCUT2D eigenvalue weighted by atomic mass is 15.2. The van der Waals surface area contributed by atoms with E-state index in [4.69, 9.17) is 6.42 Å². The molecule has 0 aliphatic heterocycles. The summed E-state index contributed by atoms with van der Waals surface area (Å²) in [5, 5.41) is 3.16. The molecule has 0 radical (unpaired) electrons. The van der Waals surface area contributed by atoms with Crippen molar-refractivity contribution in [3.8, 4) is 12.3 Å². The molecule has 0 aliphatic rings. The quantitative estimate of drug-likeness (QED) is 0.757. The van der Waals surface area contributed by atoms with Gasteiger partial charge in [0.1, 0.15) is 5.82 Å². The number of hydrogen-bond acceptors (Lipinski definition) is 3. The fourth-order valence-corrected chi connectivity index (χ4v) is 1.74. The van der Waals surface area contributed by atoms with Crippen molar-refractivity contribution in [3.63, 3.8) is 0 Å². The van der Waals surface area contributed by atoms with Crippen LogP contribution in [0.2, 0.25) is 0 Å². The van der Waals surface area contributed by atoms with E-state index in [1.165, 1.54) is 5.56 Å². The van der Waals surface area contributed by atoms with Crippen LogP contribution < -0.4 is 10.2 Å². The van der Waals surface area contributed by atoms with E-state index in [0.717, 1.165) is 30.9 Å². The SMILES string of the molecule is C#CCN(C)c1cc(CNC)cc(CCC)n1. The summed E-state index contributed by atoms with van der Waals surface area (Å²) in [6.45, 7) is 3.61. The molecule has 0 unspecified atom stereocenters. The number of pyridine rings is 1. The molecule has 0 bridgehead atoms. The van der Waals surface area contributed by atoms with Crippen LogP contribution in [0.25, 0.3) is 0 Å². The van der Waals surface area contributed by atoms with Gasteiger partial charge in [0.25, 0.3) is 0 Å². The minimum absolute atomic E-state index is 0.585. The monoisotopic (exact) mass is 231 g/mol. The summed E-state index contributed by atoms with van der Waals surface area (Å²) in [7, 11) is 3.92. The first-order valence-electron chi connectivity index (χ1n) is 6.00. The number of rotatable bonds is 6. The normalized spacial score (nSPS) is 10.0. The number of anilines is 1. The maximum absolute atomic E-state index is 5.33. The number of nitrogens with zero attached hydrogens (tertiary/aromatic N) is 2. The molecule has 0 spiro atoms. The lowest BCUT2D eigenvalue weighted by atomic mass is 10.1. The summed E-state index contributed by atoms with van der Waals surface area (Å²) in [6.07, 6.45) is 7.44. The minimum Gasteiger partial charge on any atom is -0.349 e. The molecule has 3 heteroatoms. The Morgan fingerprint density at radius 2 is 2.24 bits per heavy atom. The molecule has 17 heavy (non-hydrogen) atoms. The molecule has 0 fully saturated rings. The molecule has 0 aromatic carbocycles. The van der Waals surface area contributed by atoms with Crippen LogP contribution in [0.3, 0.4) is 0 Å². The zero-order valence-corrected chi connectivity index (χ0v) is 11.0. The van der Waals surface area contributed by atoms with Gasteiger partial charge >= 0.3 is 0 Å². The lowest BCUT2D eigenvalue weighted by Crippen LogP contribution is -2.19. The van der Waals surface area contributed by atoms with Gasteiger partial charge in [-0.3, -0.25) is 0 Å². The van der Waals surface area contributed by atoms with Gasteiger partial charge < -0.3 is 10.2 Å². The average molecular weight is 231 g/mol. The molecule has 1 N–H and O–H groups in total. The van der Waals surface area contributed by atoms with E-state index in [9.17, 15) is 0 Å². The predicted octanol–water partition coefficient (Wildman–Crippen LogP) is 1.82.